The van der Waals surface area contributed by atoms with Gasteiger partial charge in [0.1, 0.15) is 5.75 Å². The number of rotatable bonds is 4. The van der Waals surface area contributed by atoms with E-state index in [1.807, 2.05) is 18.3 Å². The van der Waals surface area contributed by atoms with E-state index in [0.717, 1.165) is 38.2 Å². The fourth-order valence-electron chi connectivity index (χ4n) is 4.29. The molecule has 146 valence electrons. The highest BCUT2D eigenvalue weighted by Crippen LogP contribution is 2.38. The van der Waals surface area contributed by atoms with Crippen molar-refractivity contribution in [3.05, 3.63) is 41.7 Å². The molecule has 0 radical (unpaired) electrons. The van der Waals surface area contributed by atoms with E-state index in [0.29, 0.717) is 24.5 Å². The highest BCUT2D eigenvalue weighted by molar-refractivity contribution is 5.30. The summed E-state index contributed by atoms with van der Waals surface area (Å²) < 4.78 is 28.4. The van der Waals surface area contributed by atoms with Crippen LogP contribution in [-0.2, 0) is 6.54 Å². The maximum atomic E-state index is 13.3. The molecule has 1 aromatic heterocycles. The van der Waals surface area contributed by atoms with Crippen LogP contribution in [0, 0.1) is 0 Å². The van der Waals surface area contributed by atoms with Crippen molar-refractivity contribution in [1.82, 2.24) is 19.9 Å². The van der Waals surface area contributed by atoms with Gasteiger partial charge in [0.25, 0.3) is 0 Å². The van der Waals surface area contributed by atoms with E-state index in [9.17, 15) is 13.9 Å². The molecule has 1 aliphatic heterocycles. The fraction of sp³-hybridized carbons (Fsp3) is 0.600. The fourth-order valence-corrected chi connectivity index (χ4v) is 4.29. The molecule has 27 heavy (non-hydrogen) atoms. The van der Waals surface area contributed by atoms with Gasteiger partial charge in [-0.25, -0.2) is 13.5 Å². The Balaban J connectivity index is 1.29. The molecule has 0 amide bonds. The molecule has 2 aliphatic rings. The molecule has 0 atom stereocenters. The van der Waals surface area contributed by atoms with Gasteiger partial charge in [-0.1, -0.05) is 17.3 Å². The van der Waals surface area contributed by atoms with E-state index >= 15 is 0 Å². The third-order valence-corrected chi connectivity index (χ3v) is 5.93. The van der Waals surface area contributed by atoms with Gasteiger partial charge in [-0.2, -0.15) is 0 Å². The molecule has 0 unspecified atom stereocenters. The first kappa shape index (κ1) is 18.3. The van der Waals surface area contributed by atoms with Gasteiger partial charge in [-0.05, 0) is 62.4 Å². The van der Waals surface area contributed by atoms with Gasteiger partial charge in [-0.15, -0.1) is 5.10 Å². The number of phenols is 1. The first-order chi connectivity index (χ1) is 13.0. The smallest absolute Gasteiger partial charge is 0.248 e. The summed E-state index contributed by atoms with van der Waals surface area (Å²) in [6.45, 7) is 2.70. The number of benzene rings is 1. The Morgan fingerprint density at radius 1 is 1.11 bits per heavy atom. The predicted octanol–water partition coefficient (Wildman–Crippen LogP) is 4.11. The van der Waals surface area contributed by atoms with Crippen molar-refractivity contribution in [2.24, 2.45) is 0 Å². The van der Waals surface area contributed by atoms with Gasteiger partial charge in [0.2, 0.25) is 5.92 Å². The summed E-state index contributed by atoms with van der Waals surface area (Å²) in [6, 6.07) is 7.59. The van der Waals surface area contributed by atoms with Crippen molar-refractivity contribution in [1.29, 1.82) is 0 Å². The first-order valence-electron chi connectivity index (χ1n) is 9.78. The summed E-state index contributed by atoms with van der Waals surface area (Å²) in [5.74, 6) is -1.71. The van der Waals surface area contributed by atoms with Gasteiger partial charge < -0.3 is 5.11 Å². The van der Waals surface area contributed by atoms with Crippen LogP contribution < -0.4 is 0 Å². The van der Waals surface area contributed by atoms with E-state index < -0.39 is 5.92 Å². The lowest BCUT2D eigenvalue weighted by Gasteiger charge is -2.31. The molecule has 5 nitrogen and oxygen atoms in total. The summed E-state index contributed by atoms with van der Waals surface area (Å²) in [5.41, 5.74) is 2.11. The van der Waals surface area contributed by atoms with Crippen molar-refractivity contribution in [2.45, 2.75) is 63.0 Å². The van der Waals surface area contributed by atoms with Crippen LogP contribution in [-0.4, -0.2) is 44.0 Å². The Kier molecular flexibility index (Phi) is 5.12. The highest BCUT2D eigenvalue weighted by Gasteiger charge is 2.36. The number of nitrogens with zero attached hydrogens (tertiary/aromatic N) is 4. The van der Waals surface area contributed by atoms with Crippen LogP contribution in [0.15, 0.2) is 30.5 Å². The summed E-state index contributed by atoms with van der Waals surface area (Å²) in [6.07, 6.45) is 4.83. The number of likely N-dealkylation sites (tertiary alicyclic amines) is 1. The second kappa shape index (κ2) is 7.54. The standard InChI is InChI=1S/C20H26F2N4O/c21-20(22)8-4-18(5-9-20)26-14-17(23-24-26)13-25-10-6-15(7-11-25)16-2-1-3-19(27)12-16/h1-3,12,14-15,18,27H,4-11,13H2. The zero-order chi connectivity index (χ0) is 18.9. The molecule has 2 fully saturated rings. The van der Waals surface area contributed by atoms with Gasteiger partial charge in [0.05, 0.1) is 17.9 Å². The number of alkyl halides is 2. The number of hydrogen-bond acceptors (Lipinski definition) is 4. The van der Waals surface area contributed by atoms with Crippen molar-refractivity contribution in [3.63, 3.8) is 0 Å². The Bertz CT molecular complexity index is 761. The second-order valence-electron chi connectivity index (χ2n) is 7.92. The molecule has 1 N–H and O–H groups in total. The van der Waals surface area contributed by atoms with Gasteiger partial charge in [0.15, 0.2) is 0 Å². The minimum atomic E-state index is -2.51. The summed E-state index contributed by atoms with van der Waals surface area (Å²) in [5, 5.41) is 18.1. The van der Waals surface area contributed by atoms with Crippen LogP contribution in [0.3, 0.4) is 0 Å². The molecule has 1 aromatic carbocycles. The number of phenolic OH excluding ortho intramolecular Hbond substituents is 1. The quantitative estimate of drug-likeness (QED) is 0.872. The van der Waals surface area contributed by atoms with Crippen LogP contribution in [0.25, 0.3) is 0 Å². The maximum Gasteiger partial charge on any atom is 0.248 e. The van der Waals surface area contributed by atoms with Crippen molar-refractivity contribution in [2.75, 3.05) is 13.1 Å². The van der Waals surface area contributed by atoms with Gasteiger partial charge >= 0.3 is 0 Å². The molecular formula is C20H26F2N4O. The lowest BCUT2D eigenvalue weighted by Crippen LogP contribution is -2.32. The number of aromatic hydroxyl groups is 1. The van der Waals surface area contributed by atoms with E-state index in [2.05, 4.69) is 21.3 Å². The van der Waals surface area contributed by atoms with Crippen LogP contribution in [0.4, 0.5) is 8.78 Å². The van der Waals surface area contributed by atoms with E-state index in [4.69, 9.17) is 0 Å². The molecular weight excluding hydrogens is 350 g/mol. The van der Waals surface area contributed by atoms with Gasteiger partial charge in [-0.3, -0.25) is 4.90 Å². The third-order valence-electron chi connectivity index (χ3n) is 5.93. The number of halogens is 2. The topological polar surface area (TPSA) is 54.2 Å². The Morgan fingerprint density at radius 2 is 1.85 bits per heavy atom. The van der Waals surface area contributed by atoms with Crippen LogP contribution in [0.5, 0.6) is 5.75 Å². The van der Waals surface area contributed by atoms with E-state index in [1.54, 1.807) is 10.7 Å². The number of aromatic nitrogens is 3. The van der Waals surface area contributed by atoms with E-state index in [-0.39, 0.29) is 18.9 Å². The lowest BCUT2D eigenvalue weighted by molar-refractivity contribution is -0.0451. The lowest BCUT2D eigenvalue weighted by atomic mass is 9.89. The average molecular weight is 376 g/mol. The second-order valence-corrected chi connectivity index (χ2v) is 7.92. The minimum absolute atomic E-state index is 0.0439. The van der Waals surface area contributed by atoms with Crippen molar-refractivity contribution >= 4 is 0 Å². The maximum absolute atomic E-state index is 13.3. The third kappa shape index (κ3) is 4.46. The zero-order valence-electron chi connectivity index (χ0n) is 15.4. The molecule has 2 aromatic rings. The Morgan fingerprint density at radius 3 is 2.56 bits per heavy atom. The zero-order valence-corrected chi connectivity index (χ0v) is 15.4. The molecule has 1 saturated heterocycles. The van der Waals surface area contributed by atoms with Crippen molar-refractivity contribution < 1.29 is 13.9 Å². The average Bonchev–Trinajstić information content (AvgIpc) is 3.11. The van der Waals surface area contributed by atoms with Crippen LogP contribution in [0.2, 0.25) is 0 Å². The predicted molar refractivity (Wildman–Crippen MR) is 97.8 cm³/mol. The molecule has 4 rings (SSSR count). The molecule has 7 heteroatoms. The SMILES string of the molecule is Oc1cccc(C2CCN(Cc3cn(C4CCC(F)(F)CC4)nn3)CC2)c1. The Labute approximate surface area is 158 Å². The summed E-state index contributed by atoms with van der Waals surface area (Å²) >= 11 is 0. The molecule has 0 bridgehead atoms. The molecule has 1 aliphatic carbocycles. The van der Waals surface area contributed by atoms with Crippen LogP contribution >= 0.6 is 0 Å². The number of piperidine rings is 1. The number of hydrogen-bond donors (Lipinski definition) is 1. The van der Waals surface area contributed by atoms with Crippen LogP contribution in [0.1, 0.15) is 61.7 Å². The van der Waals surface area contributed by atoms with Crippen molar-refractivity contribution in [3.8, 4) is 5.75 Å². The molecule has 0 spiro atoms. The molecule has 1 saturated carbocycles. The first-order valence-corrected chi connectivity index (χ1v) is 9.78. The Hall–Kier alpha value is -2.02. The highest BCUT2D eigenvalue weighted by atomic mass is 19.3. The van der Waals surface area contributed by atoms with E-state index in [1.165, 1.54) is 5.56 Å². The monoisotopic (exact) mass is 376 g/mol. The van der Waals surface area contributed by atoms with Gasteiger partial charge in [0, 0.05) is 19.4 Å². The normalized spacial score (nSPS) is 22.1. The summed E-state index contributed by atoms with van der Waals surface area (Å²) in [7, 11) is 0. The minimum Gasteiger partial charge on any atom is -0.508 e. The largest absolute Gasteiger partial charge is 0.508 e. The molecule has 2 heterocycles. The summed E-state index contributed by atoms with van der Waals surface area (Å²) in [4.78, 5) is 2.36.